The van der Waals surface area contributed by atoms with E-state index in [1.807, 2.05) is 34.7 Å². The van der Waals surface area contributed by atoms with E-state index in [2.05, 4.69) is 14.9 Å². The van der Waals surface area contributed by atoms with Gasteiger partial charge in [0.1, 0.15) is 32.7 Å². The number of hydrogen-bond acceptors (Lipinski definition) is 11. The van der Waals surface area contributed by atoms with Gasteiger partial charge in [-0.3, -0.25) is 0 Å². The van der Waals surface area contributed by atoms with Gasteiger partial charge in [0.25, 0.3) is 0 Å². The molecule has 2 atom stereocenters. The Morgan fingerprint density at radius 1 is 0.821 bits per heavy atom. The third-order valence-corrected chi connectivity index (χ3v) is 13.6. The number of ether oxygens (including phenoxy) is 3. The average Bonchev–Trinajstić information content (AvgIpc) is 3.80. The highest BCUT2D eigenvalue weighted by molar-refractivity contribution is 14.1. The second kappa shape index (κ2) is 17.1. The molecule has 5 aromatic rings. The third kappa shape index (κ3) is 9.08. The highest BCUT2D eigenvalue weighted by Gasteiger charge is 2.41. The molecule has 0 unspecified atom stereocenters. The zero-order chi connectivity index (χ0) is 40.2. The molecule has 1 aromatic heterocycles. The van der Waals surface area contributed by atoms with E-state index in [1.165, 1.54) is 41.7 Å². The van der Waals surface area contributed by atoms with Crippen LogP contribution in [-0.2, 0) is 39.7 Å². The SMILES string of the molecule is COc1ccc(CN(Cc2ccc(OC)cc2)S(=O)(=O)c2c(S(=O)(=O)N[C@H]3CN(C(=O)O)C[C@H]3O)ccc(I)c2-c2cnn(Cc3ccc(OC)cc3)n2)cc1. The van der Waals surface area contributed by atoms with Crippen LogP contribution < -0.4 is 18.9 Å². The molecule has 6 rings (SSSR count). The molecule has 1 aliphatic heterocycles. The molecule has 0 bridgehead atoms. The first-order valence-corrected chi connectivity index (χ1v) is 21.0. The number of nitrogens with zero attached hydrogens (tertiary/aromatic N) is 5. The molecule has 1 amide bonds. The van der Waals surface area contributed by atoms with Gasteiger partial charge in [0.15, 0.2) is 0 Å². The van der Waals surface area contributed by atoms with E-state index in [0.29, 0.717) is 31.9 Å². The predicted octanol–water partition coefficient (Wildman–Crippen LogP) is 4.02. The number of hydrogen-bond donors (Lipinski definition) is 3. The van der Waals surface area contributed by atoms with Gasteiger partial charge in [0.2, 0.25) is 20.0 Å². The number of halogens is 1. The second-order valence-corrected chi connectivity index (χ2v) is 17.5. The fourth-order valence-corrected chi connectivity index (χ4v) is 10.8. The molecule has 0 aliphatic carbocycles. The van der Waals surface area contributed by atoms with Gasteiger partial charge in [-0.25, -0.2) is 26.4 Å². The lowest BCUT2D eigenvalue weighted by molar-refractivity contribution is 0.138. The van der Waals surface area contributed by atoms with Crippen molar-refractivity contribution in [3.63, 3.8) is 0 Å². The van der Waals surface area contributed by atoms with E-state index in [-0.39, 0.29) is 44.0 Å². The summed E-state index contributed by atoms with van der Waals surface area (Å²) < 4.78 is 79.3. The molecule has 0 radical (unpaired) electrons. The molecule has 2 heterocycles. The number of nitrogens with one attached hydrogen (secondary N) is 1. The number of aliphatic hydroxyl groups excluding tert-OH is 1. The standard InChI is InChI=1S/C37H39IN6O10S2/c1-52-27-10-4-24(5-11-27)19-43(20-25-6-12-28(53-2)13-7-25)56(50,51)36-34(55(48,49)41-32-22-42(37(46)47)23-33(32)45)17-16-30(38)35(36)31-18-39-44(40-31)21-26-8-14-29(54-3)15-9-26/h4-18,32-33,41,45H,19-23H2,1-3H3,(H,46,47)/t32-,33+/m0/s1. The molecular formula is C37H39IN6O10S2. The summed E-state index contributed by atoms with van der Waals surface area (Å²) in [4.78, 5) is 12.7. The number of methoxy groups -OCH3 is 3. The van der Waals surface area contributed by atoms with E-state index in [1.54, 1.807) is 67.8 Å². The van der Waals surface area contributed by atoms with Crippen molar-refractivity contribution in [3.8, 4) is 28.5 Å². The normalized spacial score (nSPS) is 15.9. The van der Waals surface area contributed by atoms with E-state index in [4.69, 9.17) is 14.2 Å². The van der Waals surface area contributed by atoms with Crippen LogP contribution >= 0.6 is 22.6 Å². The first-order valence-electron chi connectivity index (χ1n) is 17.0. The number of carbonyl (C=O) groups is 1. The van der Waals surface area contributed by atoms with Crippen molar-refractivity contribution in [3.05, 3.63) is 111 Å². The Bertz CT molecular complexity index is 2350. The molecular weight excluding hydrogens is 879 g/mol. The fraction of sp³-hybridized carbons (Fsp3) is 0.270. The van der Waals surface area contributed by atoms with Crippen LogP contribution in [0, 0.1) is 3.57 Å². The maximum atomic E-state index is 15.4. The zero-order valence-electron chi connectivity index (χ0n) is 30.4. The Balaban J connectivity index is 1.50. The van der Waals surface area contributed by atoms with Crippen molar-refractivity contribution < 1.29 is 46.1 Å². The minimum Gasteiger partial charge on any atom is -0.497 e. The van der Waals surface area contributed by atoms with Gasteiger partial charge in [-0.1, -0.05) is 36.4 Å². The van der Waals surface area contributed by atoms with Crippen LogP contribution in [0.1, 0.15) is 16.7 Å². The largest absolute Gasteiger partial charge is 0.497 e. The van der Waals surface area contributed by atoms with Crippen LogP contribution in [0.4, 0.5) is 4.79 Å². The molecule has 19 heteroatoms. The van der Waals surface area contributed by atoms with E-state index in [9.17, 15) is 23.4 Å². The predicted molar refractivity (Wildman–Crippen MR) is 212 cm³/mol. The smallest absolute Gasteiger partial charge is 0.407 e. The molecule has 3 N–H and O–H groups in total. The van der Waals surface area contributed by atoms with E-state index in [0.717, 1.165) is 10.5 Å². The van der Waals surface area contributed by atoms with Crippen LogP contribution in [0.3, 0.4) is 0 Å². The van der Waals surface area contributed by atoms with E-state index >= 15 is 8.42 Å². The monoisotopic (exact) mass is 918 g/mol. The second-order valence-electron chi connectivity index (χ2n) is 12.8. The summed E-state index contributed by atoms with van der Waals surface area (Å²) in [6.07, 6.45) is -1.35. The van der Waals surface area contributed by atoms with Gasteiger partial charge in [0, 0.05) is 28.8 Å². The highest BCUT2D eigenvalue weighted by atomic mass is 127. The Labute approximate surface area is 337 Å². The zero-order valence-corrected chi connectivity index (χ0v) is 34.2. The summed E-state index contributed by atoms with van der Waals surface area (Å²) in [7, 11) is -4.97. The summed E-state index contributed by atoms with van der Waals surface area (Å²) in [5.74, 6) is 1.78. The summed E-state index contributed by atoms with van der Waals surface area (Å²) in [6.45, 7) is -0.816. The minimum atomic E-state index is -4.78. The summed E-state index contributed by atoms with van der Waals surface area (Å²) >= 11 is 1.94. The molecule has 0 spiro atoms. The molecule has 4 aromatic carbocycles. The molecule has 1 aliphatic rings. The van der Waals surface area contributed by atoms with Crippen molar-refractivity contribution in [2.45, 2.75) is 41.6 Å². The van der Waals surface area contributed by atoms with Crippen molar-refractivity contribution in [1.82, 2.24) is 28.9 Å². The lowest BCUT2D eigenvalue weighted by atomic mass is 10.2. The molecule has 16 nitrogen and oxygen atoms in total. The molecule has 0 saturated carbocycles. The maximum Gasteiger partial charge on any atom is 0.407 e. The Morgan fingerprint density at radius 3 is 1.82 bits per heavy atom. The van der Waals surface area contributed by atoms with Gasteiger partial charge in [-0.15, -0.1) is 0 Å². The van der Waals surface area contributed by atoms with Gasteiger partial charge >= 0.3 is 6.09 Å². The Morgan fingerprint density at radius 2 is 1.34 bits per heavy atom. The third-order valence-electron chi connectivity index (χ3n) is 9.14. The van der Waals surface area contributed by atoms with Crippen molar-refractivity contribution in [2.75, 3.05) is 34.4 Å². The lowest BCUT2D eigenvalue weighted by Crippen LogP contribution is -2.43. The number of β-amino-alcohol motifs (C(OH)–C–C–N with tert-alkyl or cyclic N) is 1. The number of rotatable bonds is 15. The van der Waals surface area contributed by atoms with E-state index < -0.39 is 48.1 Å². The number of benzene rings is 4. The number of amides is 1. The average molecular weight is 919 g/mol. The fourth-order valence-electron chi connectivity index (χ4n) is 6.17. The number of aromatic nitrogens is 3. The topological polar surface area (TPSA) is 203 Å². The minimum absolute atomic E-state index is 0.0111. The van der Waals surface area contributed by atoms with Crippen LogP contribution in [0.5, 0.6) is 17.2 Å². The van der Waals surface area contributed by atoms with Crippen molar-refractivity contribution in [2.24, 2.45) is 0 Å². The van der Waals surface area contributed by atoms with Crippen molar-refractivity contribution in [1.29, 1.82) is 0 Å². The van der Waals surface area contributed by atoms with Gasteiger partial charge in [0.05, 0.1) is 52.8 Å². The number of aliphatic hydroxyl groups is 1. The van der Waals surface area contributed by atoms with Gasteiger partial charge in [-0.2, -0.15) is 19.3 Å². The van der Waals surface area contributed by atoms with Crippen LogP contribution in [-0.4, -0.2) is 104 Å². The number of likely N-dealkylation sites (tertiary alicyclic amines) is 1. The lowest BCUT2D eigenvalue weighted by Gasteiger charge is -2.26. The van der Waals surface area contributed by atoms with Gasteiger partial charge < -0.3 is 29.3 Å². The van der Waals surface area contributed by atoms with Crippen LogP contribution in [0.2, 0.25) is 0 Å². The van der Waals surface area contributed by atoms with Gasteiger partial charge in [-0.05, 0) is 87.8 Å². The van der Waals surface area contributed by atoms with Crippen LogP contribution in [0.25, 0.3) is 11.3 Å². The summed E-state index contributed by atoms with van der Waals surface area (Å²) in [5, 5.41) is 29.2. The molecule has 1 saturated heterocycles. The summed E-state index contributed by atoms with van der Waals surface area (Å²) in [5.41, 5.74) is 2.08. The molecule has 56 heavy (non-hydrogen) atoms. The number of sulfonamides is 2. The summed E-state index contributed by atoms with van der Waals surface area (Å²) in [6, 6.07) is 22.2. The first-order chi connectivity index (χ1) is 26.7. The quantitative estimate of drug-likeness (QED) is 0.128. The molecule has 1 fully saturated rings. The Kier molecular flexibility index (Phi) is 12.5. The maximum absolute atomic E-state index is 15.4. The highest BCUT2D eigenvalue weighted by Crippen LogP contribution is 2.39. The van der Waals surface area contributed by atoms with Crippen LogP contribution in [0.15, 0.2) is 101 Å². The Hall–Kier alpha value is -4.80. The van der Waals surface area contributed by atoms with Crippen molar-refractivity contribution >= 4 is 48.7 Å². The first kappa shape index (κ1) is 40.9. The molecule has 296 valence electrons. The number of carboxylic acid groups (broad SMARTS) is 1.